The highest BCUT2D eigenvalue weighted by molar-refractivity contribution is 7.80. The minimum absolute atomic E-state index is 0.00921. The van der Waals surface area contributed by atoms with E-state index >= 15 is 0 Å². The molecule has 0 aliphatic carbocycles. The maximum atomic E-state index is 12.0. The van der Waals surface area contributed by atoms with Crippen LogP contribution >= 0.6 is 12.2 Å². The van der Waals surface area contributed by atoms with Crippen LogP contribution in [0.5, 0.6) is 5.75 Å². The van der Waals surface area contributed by atoms with E-state index in [0.717, 1.165) is 5.39 Å². The quantitative estimate of drug-likeness (QED) is 0.583. The van der Waals surface area contributed by atoms with Crippen LogP contribution in [0.4, 0.5) is 0 Å². The predicted octanol–water partition coefficient (Wildman–Crippen LogP) is 2.34. The van der Waals surface area contributed by atoms with E-state index in [1.54, 1.807) is 12.1 Å². The van der Waals surface area contributed by atoms with E-state index in [2.05, 4.69) is 5.32 Å². The molecule has 5 heteroatoms. The highest BCUT2D eigenvalue weighted by Gasteiger charge is 2.12. The SMILES string of the molecule is NC(=S)CCCNC(=O)c1ccc2ccccc2c1O. The molecule has 0 heterocycles. The second-order valence-electron chi connectivity index (χ2n) is 4.51. The molecule has 0 unspecified atom stereocenters. The smallest absolute Gasteiger partial charge is 0.255 e. The summed E-state index contributed by atoms with van der Waals surface area (Å²) in [6.07, 6.45) is 1.29. The van der Waals surface area contributed by atoms with Gasteiger partial charge in [-0.05, 0) is 24.3 Å². The molecule has 104 valence electrons. The summed E-state index contributed by atoms with van der Waals surface area (Å²) in [6.45, 7) is 0.475. The Bertz CT molecular complexity index is 655. The monoisotopic (exact) mass is 288 g/mol. The van der Waals surface area contributed by atoms with Crippen LogP contribution in [0, 0.1) is 0 Å². The number of nitrogens with one attached hydrogen (secondary N) is 1. The zero-order chi connectivity index (χ0) is 14.5. The lowest BCUT2D eigenvalue weighted by Gasteiger charge is -2.09. The molecule has 0 saturated heterocycles. The molecule has 4 N–H and O–H groups in total. The first-order valence-corrected chi connectivity index (χ1v) is 6.77. The van der Waals surface area contributed by atoms with Crippen molar-refractivity contribution in [2.45, 2.75) is 12.8 Å². The Kier molecular flexibility index (Phi) is 4.53. The van der Waals surface area contributed by atoms with E-state index in [4.69, 9.17) is 18.0 Å². The number of phenolic OH excluding ortho intramolecular Hbond substituents is 1. The molecule has 0 bridgehead atoms. The van der Waals surface area contributed by atoms with Crippen LogP contribution in [0.15, 0.2) is 36.4 Å². The summed E-state index contributed by atoms with van der Waals surface area (Å²) in [5.41, 5.74) is 5.66. The van der Waals surface area contributed by atoms with Gasteiger partial charge in [-0.3, -0.25) is 4.79 Å². The molecule has 0 atom stereocenters. The number of carbonyl (C=O) groups excluding carboxylic acids is 1. The summed E-state index contributed by atoms with van der Waals surface area (Å²) in [6, 6.07) is 10.8. The third kappa shape index (κ3) is 3.24. The van der Waals surface area contributed by atoms with Gasteiger partial charge >= 0.3 is 0 Å². The first-order chi connectivity index (χ1) is 9.59. The van der Waals surface area contributed by atoms with E-state index in [1.165, 1.54) is 0 Å². The van der Waals surface area contributed by atoms with Crippen LogP contribution in [0.25, 0.3) is 10.8 Å². The fourth-order valence-electron chi connectivity index (χ4n) is 2.00. The first-order valence-electron chi connectivity index (χ1n) is 6.37. The van der Waals surface area contributed by atoms with Crippen LogP contribution < -0.4 is 11.1 Å². The van der Waals surface area contributed by atoms with Crippen LogP contribution in [0.3, 0.4) is 0 Å². The molecule has 4 nitrogen and oxygen atoms in total. The fraction of sp³-hybridized carbons (Fsp3) is 0.200. The van der Waals surface area contributed by atoms with Crippen LogP contribution in [0.1, 0.15) is 23.2 Å². The lowest BCUT2D eigenvalue weighted by atomic mass is 10.0. The molecular weight excluding hydrogens is 272 g/mol. The molecular formula is C15H16N2O2S. The summed E-state index contributed by atoms with van der Waals surface area (Å²) in [5, 5.41) is 14.5. The largest absolute Gasteiger partial charge is 0.506 e. The average molecular weight is 288 g/mol. The van der Waals surface area contributed by atoms with Crippen LogP contribution in [0.2, 0.25) is 0 Å². The van der Waals surface area contributed by atoms with Crippen molar-refractivity contribution in [2.75, 3.05) is 6.54 Å². The molecule has 0 radical (unpaired) electrons. The molecule has 2 rings (SSSR count). The van der Waals surface area contributed by atoms with Gasteiger partial charge in [0.15, 0.2) is 0 Å². The molecule has 0 aliphatic heterocycles. The number of aromatic hydroxyl groups is 1. The van der Waals surface area contributed by atoms with Crippen LogP contribution in [-0.2, 0) is 0 Å². The van der Waals surface area contributed by atoms with Crippen molar-refractivity contribution in [3.05, 3.63) is 42.0 Å². The topological polar surface area (TPSA) is 75.3 Å². The second-order valence-corrected chi connectivity index (χ2v) is 5.03. The minimum Gasteiger partial charge on any atom is -0.506 e. The van der Waals surface area contributed by atoms with Gasteiger partial charge in [0.05, 0.1) is 10.6 Å². The van der Waals surface area contributed by atoms with Gasteiger partial charge in [0.25, 0.3) is 5.91 Å². The normalized spacial score (nSPS) is 10.4. The molecule has 0 fully saturated rings. The number of nitrogens with two attached hydrogens (primary N) is 1. The molecule has 2 aromatic carbocycles. The highest BCUT2D eigenvalue weighted by atomic mass is 32.1. The van der Waals surface area contributed by atoms with Gasteiger partial charge in [-0.25, -0.2) is 0 Å². The van der Waals surface area contributed by atoms with E-state index < -0.39 is 0 Å². The standard InChI is InChI=1S/C15H16N2O2S/c16-13(20)6-3-9-17-15(19)12-8-7-10-4-1-2-5-11(10)14(12)18/h1-2,4-5,7-8,18H,3,6,9H2,(H2,16,20)(H,17,19). The molecule has 1 amide bonds. The van der Waals surface area contributed by atoms with Gasteiger partial charge in [0.1, 0.15) is 5.75 Å². The number of benzene rings is 2. The highest BCUT2D eigenvalue weighted by Crippen LogP contribution is 2.28. The third-order valence-corrected chi connectivity index (χ3v) is 3.23. The lowest BCUT2D eigenvalue weighted by Crippen LogP contribution is -2.25. The van der Waals surface area contributed by atoms with Gasteiger partial charge in [-0.15, -0.1) is 0 Å². The Labute approximate surface area is 122 Å². The van der Waals surface area contributed by atoms with Crippen molar-refractivity contribution in [1.82, 2.24) is 5.32 Å². The number of thiocarbonyl (C=S) groups is 1. The minimum atomic E-state index is -0.295. The molecule has 0 saturated carbocycles. The maximum absolute atomic E-state index is 12.0. The number of fused-ring (bicyclic) bond motifs is 1. The van der Waals surface area contributed by atoms with Gasteiger partial charge < -0.3 is 16.2 Å². The number of amides is 1. The molecule has 0 aliphatic rings. The number of rotatable bonds is 5. The average Bonchev–Trinajstić information content (AvgIpc) is 2.44. The summed E-state index contributed by atoms with van der Waals surface area (Å²) in [4.78, 5) is 12.5. The summed E-state index contributed by atoms with van der Waals surface area (Å²) >= 11 is 4.77. The number of hydrogen-bond donors (Lipinski definition) is 3. The molecule has 0 spiro atoms. The number of phenols is 1. The summed E-state index contributed by atoms with van der Waals surface area (Å²) in [7, 11) is 0. The fourth-order valence-corrected chi connectivity index (χ4v) is 2.14. The Morgan fingerprint density at radius 3 is 2.75 bits per heavy atom. The number of carbonyl (C=O) groups is 1. The van der Waals surface area contributed by atoms with Crippen molar-refractivity contribution < 1.29 is 9.90 Å². The van der Waals surface area contributed by atoms with Crippen molar-refractivity contribution in [1.29, 1.82) is 0 Å². The van der Waals surface area contributed by atoms with E-state index in [0.29, 0.717) is 29.8 Å². The van der Waals surface area contributed by atoms with Crippen molar-refractivity contribution in [3.63, 3.8) is 0 Å². The first kappa shape index (κ1) is 14.3. The summed E-state index contributed by atoms with van der Waals surface area (Å²) in [5.74, 6) is -0.286. The number of hydrogen-bond acceptors (Lipinski definition) is 3. The van der Waals surface area contributed by atoms with Crippen molar-refractivity contribution in [2.24, 2.45) is 5.73 Å². The van der Waals surface area contributed by atoms with E-state index in [1.807, 2.05) is 24.3 Å². The Hall–Kier alpha value is -2.14. The predicted molar refractivity (Wildman–Crippen MR) is 84.0 cm³/mol. The van der Waals surface area contributed by atoms with Crippen molar-refractivity contribution in [3.8, 4) is 5.75 Å². The van der Waals surface area contributed by atoms with Gasteiger partial charge in [-0.1, -0.05) is 42.5 Å². The van der Waals surface area contributed by atoms with Crippen molar-refractivity contribution >= 4 is 33.9 Å². The van der Waals surface area contributed by atoms with Gasteiger partial charge in [0.2, 0.25) is 0 Å². The molecule has 2 aromatic rings. The van der Waals surface area contributed by atoms with Gasteiger partial charge in [0, 0.05) is 11.9 Å². The molecule has 0 aromatic heterocycles. The maximum Gasteiger partial charge on any atom is 0.255 e. The second kappa shape index (κ2) is 6.34. The van der Waals surface area contributed by atoms with E-state index in [-0.39, 0.29) is 17.2 Å². The summed E-state index contributed by atoms with van der Waals surface area (Å²) < 4.78 is 0. The third-order valence-electron chi connectivity index (χ3n) is 3.03. The zero-order valence-corrected chi connectivity index (χ0v) is 11.7. The zero-order valence-electron chi connectivity index (χ0n) is 10.9. The van der Waals surface area contributed by atoms with Gasteiger partial charge in [-0.2, -0.15) is 0 Å². The Morgan fingerprint density at radius 2 is 2.00 bits per heavy atom. The Morgan fingerprint density at radius 1 is 1.25 bits per heavy atom. The Balaban J connectivity index is 2.10. The van der Waals surface area contributed by atoms with Crippen LogP contribution in [-0.4, -0.2) is 22.5 Å². The molecule has 20 heavy (non-hydrogen) atoms. The van der Waals surface area contributed by atoms with E-state index in [9.17, 15) is 9.90 Å². The lowest BCUT2D eigenvalue weighted by molar-refractivity contribution is 0.0951.